The normalized spacial score (nSPS) is 16.8. The molecule has 1 atom stereocenters. The fraction of sp³-hybridized carbons (Fsp3) is 0.333. The van der Waals surface area contributed by atoms with Crippen molar-refractivity contribution < 1.29 is 18.0 Å². The number of anilines is 1. The molecule has 0 radical (unpaired) electrons. The molecule has 3 aromatic heterocycles. The van der Waals surface area contributed by atoms with E-state index >= 15 is 0 Å². The Labute approximate surface area is 176 Å². The summed E-state index contributed by atoms with van der Waals surface area (Å²) >= 11 is 0. The quantitative estimate of drug-likeness (QED) is 0.647. The molecule has 7 nitrogen and oxygen atoms in total. The smallest absolute Gasteiger partial charge is 0.365 e. The summed E-state index contributed by atoms with van der Waals surface area (Å²) in [5.74, 6) is 2.64. The SMILES string of the molecule is C#Cc1ccn2ncc(-c3nccc(NC4CCCN(C(=O)CC(F)(F)F)C4)n3)c2c1. The summed E-state index contributed by atoms with van der Waals surface area (Å²) < 4.78 is 39.3. The molecule has 1 aliphatic rings. The second-order valence-corrected chi connectivity index (χ2v) is 7.33. The first-order valence-corrected chi connectivity index (χ1v) is 9.71. The van der Waals surface area contributed by atoms with Crippen molar-refractivity contribution in [3.05, 3.63) is 42.4 Å². The monoisotopic (exact) mass is 428 g/mol. The molecule has 4 heterocycles. The van der Waals surface area contributed by atoms with Gasteiger partial charge in [-0.3, -0.25) is 4.79 Å². The predicted molar refractivity (Wildman–Crippen MR) is 108 cm³/mol. The lowest BCUT2D eigenvalue weighted by Gasteiger charge is -2.33. The van der Waals surface area contributed by atoms with Crippen LogP contribution in [-0.4, -0.2) is 55.7 Å². The van der Waals surface area contributed by atoms with Crippen LogP contribution in [0.3, 0.4) is 0 Å². The molecule has 0 saturated carbocycles. The Morgan fingerprint density at radius 2 is 2.19 bits per heavy atom. The zero-order chi connectivity index (χ0) is 22.0. The average Bonchev–Trinajstić information content (AvgIpc) is 3.16. The van der Waals surface area contributed by atoms with E-state index in [1.165, 1.54) is 4.90 Å². The summed E-state index contributed by atoms with van der Waals surface area (Å²) in [6, 6.07) is 5.07. The van der Waals surface area contributed by atoms with E-state index in [9.17, 15) is 18.0 Å². The van der Waals surface area contributed by atoms with E-state index in [-0.39, 0.29) is 12.6 Å². The van der Waals surface area contributed by atoms with Crippen LogP contribution in [0, 0.1) is 12.3 Å². The molecule has 160 valence electrons. The van der Waals surface area contributed by atoms with Gasteiger partial charge in [-0.25, -0.2) is 14.5 Å². The maximum Gasteiger partial charge on any atom is 0.397 e. The number of carbonyl (C=O) groups is 1. The maximum absolute atomic E-state index is 12.5. The van der Waals surface area contributed by atoms with E-state index in [1.807, 2.05) is 6.07 Å². The molecule has 0 spiro atoms. The lowest BCUT2D eigenvalue weighted by atomic mass is 10.1. The van der Waals surface area contributed by atoms with Crippen molar-refractivity contribution in [3.63, 3.8) is 0 Å². The van der Waals surface area contributed by atoms with Crippen molar-refractivity contribution in [2.75, 3.05) is 18.4 Å². The molecular weight excluding hydrogens is 409 g/mol. The molecular formula is C21H19F3N6O. The van der Waals surface area contributed by atoms with Crippen molar-refractivity contribution >= 4 is 17.2 Å². The highest BCUT2D eigenvalue weighted by atomic mass is 19.4. The number of fused-ring (bicyclic) bond motifs is 1. The zero-order valence-electron chi connectivity index (χ0n) is 16.4. The third kappa shape index (κ3) is 4.77. The number of rotatable bonds is 4. The van der Waals surface area contributed by atoms with E-state index in [0.717, 1.165) is 11.9 Å². The number of alkyl halides is 3. The summed E-state index contributed by atoms with van der Waals surface area (Å²) in [6.45, 7) is 0.512. The molecule has 0 aliphatic carbocycles. The number of halogens is 3. The number of likely N-dealkylation sites (tertiary alicyclic amines) is 1. The van der Waals surface area contributed by atoms with Gasteiger partial charge in [-0.2, -0.15) is 18.3 Å². The molecule has 1 aliphatic heterocycles. The molecule has 1 N–H and O–H groups in total. The van der Waals surface area contributed by atoms with Crippen LogP contribution in [0.5, 0.6) is 0 Å². The van der Waals surface area contributed by atoms with Crippen LogP contribution in [0.25, 0.3) is 16.9 Å². The Morgan fingerprint density at radius 3 is 2.97 bits per heavy atom. The van der Waals surface area contributed by atoms with Crippen LogP contribution in [0.2, 0.25) is 0 Å². The summed E-state index contributed by atoms with van der Waals surface area (Å²) in [5.41, 5.74) is 2.16. The largest absolute Gasteiger partial charge is 0.397 e. The van der Waals surface area contributed by atoms with Gasteiger partial charge in [0.1, 0.15) is 12.2 Å². The van der Waals surface area contributed by atoms with Gasteiger partial charge in [0, 0.05) is 37.1 Å². The average molecular weight is 428 g/mol. The van der Waals surface area contributed by atoms with Crippen molar-refractivity contribution in [2.24, 2.45) is 0 Å². The second kappa shape index (κ2) is 8.26. The minimum Gasteiger partial charge on any atom is -0.365 e. The van der Waals surface area contributed by atoms with Crippen LogP contribution in [0.4, 0.5) is 19.0 Å². The third-order valence-electron chi connectivity index (χ3n) is 5.06. The molecule has 3 aromatic rings. The highest BCUT2D eigenvalue weighted by Gasteiger charge is 2.35. The van der Waals surface area contributed by atoms with E-state index in [2.05, 4.69) is 26.3 Å². The summed E-state index contributed by atoms with van der Waals surface area (Å²) in [7, 11) is 0. The van der Waals surface area contributed by atoms with Crippen molar-refractivity contribution in [1.82, 2.24) is 24.5 Å². The van der Waals surface area contributed by atoms with Crippen LogP contribution in [0.15, 0.2) is 36.8 Å². The molecule has 31 heavy (non-hydrogen) atoms. The number of amides is 1. The zero-order valence-corrected chi connectivity index (χ0v) is 16.4. The highest BCUT2D eigenvalue weighted by molar-refractivity contribution is 5.78. The summed E-state index contributed by atoms with van der Waals surface area (Å²) in [5, 5.41) is 7.50. The first-order valence-electron chi connectivity index (χ1n) is 9.71. The number of nitrogens with one attached hydrogen (secondary N) is 1. The molecule has 4 rings (SSSR count). The van der Waals surface area contributed by atoms with Crippen molar-refractivity contribution in [2.45, 2.75) is 31.5 Å². The molecule has 0 aromatic carbocycles. The molecule has 1 amide bonds. The minimum absolute atomic E-state index is 0.191. The van der Waals surface area contributed by atoms with Crippen molar-refractivity contribution in [1.29, 1.82) is 0 Å². The van der Waals surface area contributed by atoms with Crippen LogP contribution >= 0.6 is 0 Å². The van der Waals surface area contributed by atoms with Gasteiger partial charge in [0.05, 0.1) is 17.3 Å². The number of hydrogen-bond donors (Lipinski definition) is 1. The Hall–Kier alpha value is -3.61. The number of carbonyl (C=O) groups excluding carboxylic acids is 1. The minimum atomic E-state index is -4.51. The molecule has 10 heteroatoms. The van der Waals surface area contributed by atoms with E-state index in [1.54, 1.807) is 35.2 Å². The number of terminal acetylenes is 1. The fourth-order valence-corrected chi connectivity index (χ4v) is 3.63. The Morgan fingerprint density at radius 1 is 1.35 bits per heavy atom. The number of pyridine rings is 1. The molecule has 1 fully saturated rings. The van der Waals surface area contributed by atoms with Gasteiger partial charge in [0.15, 0.2) is 5.82 Å². The highest BCUT2D eigenvalue weighted by Crippen LogP contribution is 2.25. The van der Waals surface area contributed by atoms with Gasteiger partial charge in [-0.15, -0.1) is 6.42 Å². The first kappa shape index (κ1) is 20.7. The summed E-state index contributed by atoms with van der Waals surface area (Å²) in [4.78, 5) is 22.0. The molecule has 1 unspecified atom stereocenters. The van der Waals surface area contributed by atoms with Gasteiger partial charge in [0.25, 0.3) is 0 Å². The van der Waals surface area contributed by atoms with Gasteiger partial charge in [-0.1, -0.05) is 5.92 Å². The fourth-order valence-electron chi connectivity index (χ4n) is 3.63. The Kier molecular flexibility index (Phi) is 5.50. The van der Waals surface area contributed by atoms with E-state index in [4.69, 9.17) is 6.42 Å². The van der Waals surface area contributed by atoms with Crippen LogP contribution in [0.1, 0.15) is 24.8 Å². The lowest BCUT2D eigenvalue weighted by Crippen LogP contribution is -2.46. The Balaban J connectivity index is 1.51. The first-order chi connectivity index (χ1) is 14.8. The Bertz CT molecular complexity index is 1150. The van der Waals surface area contributed by atoms with Gasteiger partial charge in [-0.05, 0) is 31.0 Å². The number of piperidine rings is 1. The van der Waals surface area contributed by atoms with Gasteiger partial charge < -0.3 is 10.2 Å². The third-order valence-corrected chi connectivity index (χ3v) is 5.06. The second-order valence-electron chi connectivity index (χ2n) is 7.33. The van der Waals surface area contributed by atoms with E-state index < -0.39 is 18.5 Å². The van der Waals surface area contributed by atoms with Gasteiger partial charge >= 0.3 is 6.18 Å². The standard InChI is InChI=1S/C21H19F3N6O/c1-2-14-6-9-30-17(10-14)16(12-26-30)20-25-7-5-18(28-20)27-15-4-3-8-29(13-15)19(31)11-21(22,23)24/h1,5-7,9-10,12,15H,3-4,8,11,13H2,(H,25,27,28). The molecule has 1 saturated heterocycles. The van der Waals surface area contributed by atoms with Crippen LogP contribution in [-0.2, 0) is 4.79 Å². The summed E-state index contributed by atoms with van der Waals surface area (Å²) in [6.07, 6.45) is 5.86. The maximum atomic E-state index is 12.5. The number of hydrogen-bond acceptors (Lipinski definition) is 5. The molecule has 0 bridgehead atoms. The number of aromatic nitrogens is 4. The van der Waals surface area contributed by atoms with Crippen molar-refractivity contribution in [3.8, 4) is 23.7 Å². The van der Waals surface area contributed by atoms with Gasteiger partial charge in [0.2, 0.25) is 5.91 Å². The number of nitrogens with zero attached hydrogens (tertiary/aromatic N) is 5. The predicted octanol–water partition coefficient (Wildman–Crippen LogP) is 3.13. The van der Waals surface area contributed by atoms with E-state index in [0.29, 0.717) is 35.7 Å². The topological polar surface area (TPSA) is 75.4 Å². The van der Waals surface area contributed by atoms with Crippen LogP contribution < -0.4 is 5.32 Å². The lowest BCUT2D eigenvalue weighted by molar-refractivity contribution is -0.162.